The molecule has 326 valence electrons. The highest BCUT2D eigenvalue weighted by molar-refractivity contribution is 7.27. The number of nitrogens with zero attached hydrogens (tertiary/aromatic N) is 3. The predicted molar refractivity (Wildman–Crippen MR) is 266 cm³/mol. The Bertz CT molecular complexity index is 4300. The lowest BCUT2D eigenvalue weighted by atomic mass is 9.93. The molecule has 0 bridgehead atoms. The Morgan fingerprint density at radius 3 is 1.43 bits per heavy atom. The predicted octanol–water partition coefficient (Wildman–Crippen LogP) is 17.9. The van der Waals surface area contributed by atoms with Crippen LogP contribution in [0.5, 0.6) is 0 Å². The maximum Gasteiger partial charge on any atom is 0.416 e. The summed E-state index contributed by atoms with van der Waals surface area (Å²) >= 11 is 3.40. The van der Waals surface area contributed by atoms with E-state index in [4.69, 9.17) is 0 Å². The minimum Gasteiger partial charge on any atom is -0.309 e. The van der Waals surface area contributed by atoms with Crippen molar-refractivity contribution in [3.05, 3.63) is 193 Å². The Balaban J connectivity index is 1.16. The van der Waals surface area contributed by atoms with Gasteiger partial charge in [0, 0.05) is 73.0 Å². The zero-order valence-corrected chi connectivity index (χ0v) is 36.8. The first-order valence-electron chi connectivity index (χ1n) is 21.6. The lowest BCUT2D eigenvalue weighted by Crippen LogP contribution is -2.11. The number of rotatable bonds is 4. The van der Waals surface area contributed by atoms with E-state index in [1.165, 1.54) is 0 Å². The molecule has 0 unspecified atom stereocenters. The Morgan fingerprint density at radius 1 is 0.397 bits per heavy atom. The molecule has 9 aromatic carbocycles. The second-order valence-electron chi connectivity index (χ2n) is 16.9. The molecule has 13 rings (SSSR count). The van der Waals surface area contributed by atoms with E-state index in [0.29, 0.717) is 22.4 Å². The summed E-state index contributed by atoms with van der Waals surface area (Å²) in [4.78, 5) is 0. The van der Waals surface area contributed by atoms with Gasteiger partial charge >= 0.3 is 12.4 Å². The standard InChI is InChI=1S/C57H29F6N3S2/c58-56(59,60)34-26-33(27-35(29-34)57(61,62)63)32-18-19-36(49(28-32)66-45-14-6-2-12-42(45)53-48(66)24-21-40-38-10-4-8-16-51(38)68-55(40)53)43-25-31(30-64)17-22-46(43)65-44-13-5-1-11-41(44)52-47(65)23-20-39-37-9-3-7-15-50(37)67-54(39)52/h1-29H. The van der Waals surface area contributed by atoms with E-state index >= 15 is 0 Å². The van der Waals surface area contributed by atoms with Gasteiger partial charge in [-0.3, -0.25) is 0 Å². The van der Waals surface area contributed by atoms with Gasteiger partial charge in [-0.15, -0.1) is 22.7 Å². The van der Waals surface area contributed by atoms with Crippen LogP contribution in [-0.2, 0) is 12.4 Å². The average Bonchev–Trinajstić information content (AvgIpc) is 4.10. The number of hydrogen-bond donors (Lipinski definition) is 0. The van der Waals surface area contributed by atoms with Gasteiger partial charge in [0.25, 0.3) is 0 Å². The lowest BCUT2D eigenvalue weighted by Gasteiger charge is -2.20. The van der Waals surface area contributed by atoms with Crippen molar-refractivity contribution in [3.63, 3.8) is 0 Å². The fraction of sp³-hybridized carbons (Fsp3) is 0.0351. The molecule has 11 heteroatoms. The summed E-state index contributed by atoms with van der Waals surface area (Å²) in [5.41, 5.74) is 3.39. The summed E-state index contributed by atoms with van der Waals surface area (Å²) in [5.74, 6) is 0. The molecule has 4 heterocycles. The Labute approximate surface area is 390 Å². The van der Waals surface area contributed by atoms with E-state index < -0.39 is 23.5 Å². The van der Waals surface area contributed by atoms with Gasteiger partial charge in [-0.05, 0) is 90.0 Å². The summed E-state index contributed by atoms with van der Waals surface area (Å²) < 4.78 is 95.2. The maximum absolute atomic E-state index is 14.4. The van der Waals surface area contributed by atoms with Crippen molar-refractivity contribution >= 4 is 107 Å². The van der Waals surface area contributed by atoms with E-state index in [2.05, 4.69) is 69.8 Å². The molecule has 4 aromatic heterocycles. The number of benzene rings is 9. The third kappa shape index (κ3) is 5.97. The first-order valence-corrected chi connectivity index (χ1v) is 23.2. The number of halogens is 6. The van der Waals surface area contributed by atoms with Gasteiger partial charge in [0.15, 0.2) is 0 Å². The first kappa shape index (κ1) is 40.4. The fourth-order valence-corrected chi connectivity index (χ4v) is 12.8. The Hall–Kier alpha value is -7.91. The van der Waals surface area contributed by atoms with Crippen LogP contribution in [0.1, 0.15) is 16.7 Å². The number of alkyl halides is 6. The minimum absolute atomic E-state index is 0.149. The quantitative estimate of drug-likeness (QED) is 0.162. The highest BCUT2D eigenvalue weighted by Gasteiger charge is 2.37. The van der Waals surface area contributed by atoms with Crippen LogP contribution in [0.4, 0.5) is 26.3 Å². The third-order valence-electron chi connectivity index (χ3n) is 13.2. The molecule has 0 fully saturated rings. The summed E-state index contributed by atoms with van der Waals surface area (Å²) in [6, 6.07) is 55.5. The van der Waals surface area contributed by atoms with Crippen LogP contribution >= 0.6 is 22.7 Å². The monoisotopic (exact) mass is 933 g/mol. The molecule has 0 atom stereocenters. The summed E-state index contributed by atoms with van der Waals surface area (Å²) in [5, 5.41) is 19.0. The van der Waals surface area contributed by atoms with Crippen molar-refractivity contribution in [1.82, 2.24) is 9.13 Å². The molecule has 13 aromatic rings. The van der Waals surface area contributed by atoms with Crippen LogP contribution in [0.2, 0.25) is 0 Å². The van der Waals surface area contributed by atoms with Gasteiger partial charge in [0.2, 0.25) is 0 Å². The van der Waals surface area contributed by atoms with E-state index in [9.17, 15) is 31.6 Å². The summed E-state index contributed by atoms with van der Waals surface area (Å²) in [6.45, 7) is 0. The second kappa shape index (κ2) is 14.5. The molecule has 0 saturated heterocycles. The first-order chi connectivity index (χ1) is 32.9. The molecule has 0 N–H and O–H groups in total. The van der Waals surface area contributed by atoms with Crippen molar-refractivity contribution in [3.8, 4) is 39.7 Å². The number of aromatic nitrogens is 2. The molecule has 0 amide bonds. The lowest BCUT2D eigenvalue weighted by molar-refractivity contribution is -0.143. The normalized spacial score (nSPS) is 12.5. The highest BCUT2D eigenvalue weighted by Crippen LogP contribution is 2.49. The number of hydrogen-bond acceptors (Lipinski definition) is 3. The van der Waals surface area contributed by atoms with Crippen molar-refractivity contribution < 1.29 is 26.3 Å². The maximum atomic E-state index is 14.4. The molecular formula is C57H29F6N3S2. The smallest absolute Gasteiger partial charge is 0.309 e. The van der Waals surface area contributed by atoms with Crippen LogP contribution in [0, 0.1) is 11.3 Å². The molecule has 0 aliphatic rings. The van der Waals surface area contributed by atoms with Gasteiger partial charge in [-0.1, -0.05) is 97.1 Å². The SMILES string of the molecule is N#Cc1ccc(-n2c3ccccc3c3c4sc5ccccc5c4ccc32)c(-c2ccc(-c3cc(C(F)(F)F)cc(C(F)(F)F)c3)cc2-n2c3ccccc3c3c4sc5ccccc5c4ccc32)c1. The molecule has 3 nitrogen and oxygen atoms in total. The molecule has 68 heavy (non-hydrogen) atoms. The zero-order valence-electron chi connectivity index (χ0n) is 35.2. The van der Waals surface area contributed by atoms with Gasteiger partial charge in [0.05, 0.1) is 56.2 Å². The van der Waals surface area contributed by atoms with E-state index in [1.54, 1.807) is 46.9 Å². The Morgan fingerprint density at radius 2 is 0.897 bits per heavy atom. The average molecular weight is 934 g/mol. The van der Waals surface area contributed by atoms with E-state index in [0.717, 1.165) is 102 Å². The summed E-state index contributed by atoms with van der Waals surface area (Å²) in [7, 11) is 0. The van der Waals surface area contributed by atoms with Crippen molar-refractivity contribution in [2.75, 3.05) is 0 Å². The van der Waals surface area contributed by atoms with Crippen LogP contribution in [0.25, 0.3) is 118 Å². The minimum atomic E-state index is -5.04. The molecule has 0 aliphatic heterocycles. The molecule has 0 radical (unpaired) electrons. The van der Waals surface area contributed by atoms with E-state index in [-0.39, 0.29) is 17.2 Å². The Kier molecular flexibility index (Phi) is 8.63. The number of fused-ring (bicyclic) bond motifs is 14. The molecular weight excluding hydrogens is 905 g/mol. The van der Waals surface area contributed by atoms with Crippen LogP contribution in [-0.4, -0.2) is 9.13 Å². The van der Waals surface area contributed by atoms with Crippen molar-refractivity contribution in [2.45, 2.75) is 12.4 Å². The molecule has 0 saturated carbocycles. The van der Waals surface area contributed by atoms with Gasteiger partial charge in [-0.25, -0.2) is 0 Å². The number of nitriles is 1. The van der Waals surface area contributed by atoms with Crippen molar-refractivity contribution in [1.29, 1.82) is 5.26 Å². The van der Waals surface area contributed by atoms with Crippen molar-refractivity contribution in [2.24, 2.45) is 0 Å². The fourth-order valence-electron chi connectivity index (χ4n) is 10.3. The summed E-state index contributed by atoms with van der Waals surface area (Å²) in [6.07, 6.45) is -10.1. The van der Waals surface area contributed by atoms with Gasteiger partial charge in [-0.2, -0.15) is 31.6 Å². The van der Waals surface area contributed by atoms with Crippen LogP contribution < -0.4 is 0 Å². The third-order valence-corrected chi connectivity index (χ3v) is 15.6. The highest BCUT2D eigenvalue weighted by atomic mass is 32.1. The largest absolute Gasteiger partial charge is 0.416 e. The van der Waals surface area contributed by atoms with Crippen LogP contribution in [0.3, 0.4) is 0 Å². The number of para-hydroxylation sites is 2. The van der Waals surface area contributed by atoms with Gasteiger partial charge < -0.3 is 9.13 Å². The zero-order chi connectivity index (χ0) is 46.2. The van der Waals surface area contributed by atoms with E-state index in [1.807, 2.05) is 78.9 Å². The van der Waals surface area contributed by atoms with Crippen LogP contribution in [0.15, 0.2) is 176 Å². The van der Waals surface area contributed by atoms with Gasteiger partial charge in [0.1, 0.15) is 0 Å². The topological polar surface area (TPSA) is 33.6 Å². The molecule has 0 spiro atoms. The number of thiophene rings is 2. The molecule has 0 aliphatic carbocycles. The second-order valence-corrected chi connectivity index (χ2v) is 19.0.